The van der Waals surface area contributed by atoms with Crippen LogP contribution in [0.2, 0.25) is 0 Å². The van der Waals surface area contributed by atoms with Gasteiger partial charge in [-0.05, 0) is 66.5 Å². The van der Waals surface area contributed by atoms with Gasteiger partial charge in [0.15, 0.2) is 0 Å². The highest BCUT2D eigenvalue weighted by molar-refractivity contribution is 6.03. The Labute approximate surface area is 263 Å². The number of phenols is 1. The molecule has 6 rings (SSSR count). The highest BCUT2D eigenvalue weighted by atomic mass is 16.5. The molecule has 3 fully saturated rings. The molecule has 6 N–H and O–H groups in total. The number of ether oxygens (including phenoxy) is 1. The molecule has 2 aliphatic heterocycles. The van der Waals surface area contributed by atoms with E-state index < -0.39 is 43.2 Å². The van der Waals surface area contributed by atoms with E-state index in [0.717, 1.165) is 42.5 Å². The summed E-state index contributed by atoms with van der Waals surface area (Å²) in [4.78, 5) is 15.2. The lowest BCUT2D eigenvalue weighted by molar-refractivity contribution is -0.231. The number of aliphatic hydroxyl groups excluding tert-OH is 5. The van der Waals surface area contributed by atoms with Gasteiger partial charge in [0.1, 0.15) is 36.3 Å². The summed E-state index contributed by atoms with van der Waals surface area (Å²) in [5.41, 5.74) is 3.53. The van der Waals surface area contributed by atoms with Gasteiger partial charge in [-0.1, -0.05) is 73.9 Å². The van der Waals surface area contributed by atoms with Crippen LogP contribution in [0.3, 0.4) is 0 Å². The Morgan fingerprint density at radius 3 is 2.20 bits per heavy atom. The fraction of sp³-hybridized carbons (Fsp3) is 0.472. The first-order chi connectivity index (χ1) is 21.8. The molecule has 3 aromatic rings. The predicted octanol–water partition coefficient (Wildman–Crippen LogP) is 4.00. The number of aromatic hydroxyl groups is 1. The fourth-order valence-electron chi connectivity index (χ4n) is 7.38. The average Bonchev–Trinajstić information content (AvgIpc) is 3.07. The first kappa shape index (κ1) is 31.7. The second-order valence-corrected chi connectivity index (χ2v) is 12.8. The van der Waals surface area contributed by atoms with Crippen LogP contribution in [0.25, 0.3) is 11.1 Å². The molecule has 9 nitrogen and oxygen atoms in total. The monoisotopic (exact) mass is 617 g/mol. The lowest BCUT2D eigenvalue weighted by Gasteiger charge is -2.48. The zero-order valence-corrected chi connectivity index (χ0v) is 25.2. The molecule has 0 bridgehead atoms. The molecule has 240 valence electrons. The van der Waals surface area contributed by atoms with Crippen LogP contribution in [0.1, 0.15) is 68.2 Å². The van der Waals surface area contributed by atoms with Crippen LogP contribution in [0.5, 0.6) is 5.75 Å². The number of anilines is 1. The van der Waals surface area contributed by atoms with Gasteiger partial charge in [-0.2, -0.15) is 0 Å². The summed E-state index contributed by atoms with van der Waals surface area (Å²) in [7, 11) is 0. The number of benzene rings is 3. The van der Waals surface area contributed by atoms with Crippen molar-refractivity contribution in [3.8, 4) is 16.9 Å². The summed E-state index contributed by atoms with van der Waals surface area (Å²) in [6.07, 6.45) is 0.0708. The van der Waals surface area contributed by atoms with Crippen LogP contribution in [0, 0.1) is 11.8 Å². The third kappa shape index (κ3) is 6.25. The Hall–Kier alpha value is -3.31. The van der Waals surface area contributed by atoms with Crippen LogP contribution in [0.4, 0.5) is 5.69 Å². The molecule has 3 aliphatic rings. The topological polar surface area (TPSA) is 151 Å². The third-order valence-corrected chi connectivity index (χ3v) is 10.0. The molecular formula is C36H43NO8. The standard InChI is InChI=1S/C36H43NO8/c38-20-30-32(41)33(42)34(43)35(45-30)23-13-11-21(12-14-23)24-15-16-26(29(40)19-24)31-27(17-18-28(39)22-7-3-1-4-8-22)36(44)37(31)25-9-5-2-6-10-25/h2,5-6,9-16,19,22,27-28,30-35,38-43H,1,3-4,7-8,17-18,20H2/t27-,28+,30-,31-,32-,33+,34-,35+/m1/s1. The molecule has 45 heavy (non-hydrogen) atoms. The van der Waals surface area contributed by atoms with Crippen LogP contribution >= 0.6 is 0 Å². The number of nitrogens with zero attached hydrogens (tertiary/aromatic N) is 1. The Bertz CT molecular complexity index is 1440. The lowest BCUT2D eigenvalue weighted by Crippen LogP contribution is -2.55. The van der Waals surface area contributed by atoms with Crippen molar-refractivity contribution in [2.24, 2.45) is 11.8 Å². The number of carbonyl (C=O) groups excluding carboxylic acids is 1. The van der Waals surface area contributed by atoms with E-state index in [0.29, 0.717) is 24.0 Å². The number of para-hydroxylation sites is 1. The molecule has 2 saturated heterocycles. The fourth-order valence-corrected chi connectivity index (χ4v) is 7.38. The average molecular weight is 618 g/mol. The van der Waals surface area contributed by atoms with Gasteiger partial charge in [-0.15, -0.1) is 0 Å². The first-order valence-electron chi connectivity index (χ1n) is 16.1. The van der Waals surface area contributed by atoms with Gasteiger partial charge in [-0.3, -0.25) is 4.79 Å². The molecule has 0 unspecified atom stereocenters. The largest absolute Gasteiger partial charge is 0.508 e. The number of amides is 1. The molecule has 0 aromatic heterocycles. The van der Waals surface area contributed by atoms with Gasteiger partial charge in [-0.25, -0.2) is 0 Å². The van der Waals surface area contributed by atoms with Crippen LogP contribution in [-0.4, -0.2) is 73.7 Å². The summed E-state index contributed by atoms with van der Waals surface area (Å²) >= 11 is 0. The number of hydrogen-bond acceptors (Lipinski definition) is 8. The molecular weight excluding hydrogens is 574 g/mol. The molecule has 8 atom stereocenters. The number of phenolic OH excluding ortho intramolecular Hbond substituents is 1. The van der Waals surface area contributed by atoms with Crippen LogP contribution in [0.15, 0.2) is 72.8 Å². The van der Waals surface area contributed by atoms with E-state index in [4.69, 9.17) is 4.74 Å². The Morgan fingerprint density at radius 2 is 1.53 bits per heavy atom. The summed E-state index contributed by atoms with van der Waals surface area (Å²) in [5, 5.41) is 62.5. The number of β-lactam (4-membered cyclic amide) rings is 1. The van der Waals surface area contributed by atoms with Crippen molar-refractivity contribution in [3.63, 3.8) is 0 Å². The summed E-state index contributed by atoms with van der Waals surface area (Å²) < 4.78 is 5.68. The van der Waals surface area contributed by atoms with E-state index in [2.05, 4.69) is 0 Å². The second kappa shape index (κ2) is 13.6. The molecule has 0 radical (unpaired) electrons. The van der Waals surface area contributed by atoms with E-state index in [1.807, 2.05) is 54.6 Å². The van der Waals surface area contributed by atoms with Crippen molar-refractivity contribution in [1.29, 1.82) is 0 Å². The van der Waals surface area contributed by atoms with Crippen molar-refractivity contribution >= 4 is 11.6 Å². The van der Waals surface area contributed by atoms with Gasteiger partial charge in [0, 0.05) is 11.3 Å². The smallest absolute Gasteiger partial charge is 0.233 e. The number of carbonyl (C=O) groups is 1. The van der Waals surface area contributed by atoms with Crippen molar-refractivity contribution in [3.05, 3.63) is 83.9 Å². The maximum Gasteiger partial charge on any atom is 0.233 e. The molecule has 1 amide bonds. The Kier molecular flexibility index (Phi) is 9.56. The zero-order valence-electron chi connectivity index (χ0n) is 25.2. The Morgan fingerprint density at radius 1 is 0.844 bits per heavy atom. The van der Waals surface area contributed by atoms with Gasteiger partial charge in [0.25, 0.3) is 0 Å². The predicted molar refractivity (Wildman–Crippen MR) is 168 cm³/mol. The molecule has 3 aromatic carbocycles. The van der Waals surface area contributed by atoms with Crippen LogP contribution < -0.4 is 4.90 Å². The quantitative estimate of drug-likeness (QED) is 0.197. The van der Waals surface area contributed by atoms with Gasteiger partial charge in [0.05, 0.1) is 24.7 Å². The van der Waals surface area contributed by atoms with E-state index in [1.54, 1.807) is 23.1 Å². The van der Waals surface area contributed by atoms with E-state index in [1.165, 1.54) is 6.42 Å². The molecule has 1 aliphatic carbocycles. The second-order valence-electron chi connectivity index (χ2n) is 12.8. The van der Waals surface area contributed by atoms with E-state index >= 15 is 0 Å². The molecule has 0 spiro atoms. The number of hydrogen-bond donors (Lipinski definition) is 6. The maximum atomic E-state index is 13.5. The minimum absolute atomic E-state index is 0.00528. The Balaban J connectivity index is 1.21. The lowest BCUT2D eigenvalue weighted by atomic mass is 9.76. The number of aliphatic hydroxyl groups is 5. The third-order valence-electron chi connectivity index (χ3n) is 10.0. The van der Waals surface area contributed by atoms with Crippen molar-refractivity contribution in [2.45, 2.75) is 87.6 Å². The zero-order chi connectivity index (χ0) is 31.7. The first-order valence-corrected chi connectivity index (χ1v) is 16.1. The van der Waals surface area contributed by atoms with Gasteiger partial charge < -0.3 is 40.3 Å². The normalized spacial score (nSPS) is 29.8. The minimum Gasteiger partial charge on any atom is -0.508 e. The van der Waals surface area contributed by atoms with Crippen molar-refractivity contribution < 1.29 is 40.2 Å². The van der Waals surface area contributed by atoms with E-state index in [9.17, 15) is 35.4 Å². The minimum atomic E-state index is -1.46. The van der Waals surface area contributed by atoms with Crippen molar-refractivity contribution in [1.82, 2.24) is 0 Å². The number of rotatable bonds is 9. The SMILES string of the molecule is O=C1[C@H](CC[C@H](O)C2CCCCC2)[C@@H](c2ccc(-c3ccc([C@@H]4O[C@H](CO)[C@@H](O)[C@H](O)[C@H]4O)cc3)cc2O)N1c1ccccc1. The maximum absolute atomic E-state index is 13.5. The van der Waals surface area contributed by atoms with Gasteiger partial charge >= 0.3 is 0 Å². The highest BCUT2D eigenvalue weighted by Crippen LogP contribution is 2.49. The summed E-state index contributed by atoms with van der Waals surface area (Å²) in [6, 6.07) is 21.6. The van der Waals surface area contributed by atoms with Crippen molar-refractivity contribution in [2.75, 3.05) is 11.5 Å². The molecule has 1 saturated carbocycles. The summed E-state index contributed by atoms with van der Waals surface area (Å²) in [5.74, 6) is 0.00600. The van der Waals surface area contributed by atoms with E-state index in [-0.39, 0.29) is 29.5 Å². The van der Waals surface area contributed by atoms with Gasteiger partial charge in [0.2, 0.25) is 5.91 Å². The highest BCUT2D eigenvalue weighted by Gasteiger charge is 2.49. The summed E-state index contributed by atoms with van der Waals surface area (Å²) in [6.45, 7) is -0.499. The molecule has 2 heterocycles. The van der Waals surface area contributed by atoms with Crippen LogP contribution in [-0.2, 0) is 9.53 Å². The molecule has 9 heteroatoms.